The molecule has 0 aliphatic rings. The molecular weight excluding hydrogens is 262 g/mol. The lowest BCUT2D eigenvalue weighted by atomic mass is 10.2. The van der Waals surface area contributed by atoms with E-state index in [0.29, 0.717) is 4.47 Å². The second kappa shape index (κ2) is 4.88. The van der Waals surface area contributed by atoms with Crippen LogP contribution in [0.15, 0.2) is 21.7 Å². The van der Waals surface area contributed by atoms with Crippen molar-refractivity contribution < 1.29 is 9.90 Å². The Balaban J connectivity index is 3.12. The minimum atomic E-state index is -1.05. The molecule has 0 atom stereocenters. The van der Waals surface area contributed by atoms with Gasteiger partial charge in [0.05, 0.1) is 6.34 Å². The van der Waals surface area contributed by atoms with Gasteiger partial charge in [0, 0.05) is 24.8 Å². The molecule has 1 aromatic rings. The van der Waals surface area contributed by atoms with Crippen LogP contribution >= 0.6 is 15.9 Å². The maximum Gasteiger partial charge on any atom is 0.339 e. The largest absolute Gasteiger partial charge is 0.478 e. The molecule has 0 saturated heterocycles. The average Bonchev–Trinajstić information content (AvgIpc) is 2.15. The minimum absolute atomic E-state index is 0.0717. The molecule has 0 fully saturated rings. The van der Waals surface area contributed by atoms with E-state index >= 15 is 0 Å². The third-order valence-corrected chi connectivity index (χ3v) is 1.91. The summed E-state index contributed by atoms with van der Waals surface area (Å²) in [5.41, 5.74) is 0.0717. The van der Waals surface area contributed by atoms with Crippen molar-refractivity contribution in [1.29, 1.82) is 0 Å². The van der Waals surface area contributed by atoms with Gasteiger partial charge in [-0.05, 0) is 22.0 Å². The summed E-state index contributed by atoms with van der Waals surface area (Å²) in [4.78, 5) is 20.4. The number of carboxylic acid groups (broad SMARTS) is 1. The molecule has 1 aromatic heterocycles. The number of aromatic carboxylic acids is 1. The Kier molecular flexibility index (Phi) is 3.79. The predicted molar refractivity (Wildman–Crippen MR) is 60.7 cm³/mol. The first kappa shape index (κ1) is 11.6. The summed E-state index contributed by atoms with van der Waals surface area (Å²) in [6, 6.07) is 1.47. The van der Waals surface area contributed by atoms with E-state index in [2.05, 4.69) is 25.9 Å². The Bertz CT molecular complexity index is 404. The van der Waals surface area contributed by atoms with Gasteiger partial charge >= 0.3 is 5.97 Å². The minimum Gasteiger partial charge on any atom is -0.478 e. The van der Waals surface area contributed by atoms with Gasteiger partial charge < -0.3 is 10.0 Å². The van der Waals surface area contributed by atoms with E-state index in [4.69, 9.17) is 5.11 Å². The summed E-state index contributed by atoms with van der Waals surface area (Å²) in [7, 11) is 3.59. The summed E-state index contributed by atoms with van der Waals surface area (Å²) in [5.74, 6) is -0.853. The number of carboxylic acids is 1. The van der Waals surface area contributed by atoms with Gasteiger partial charge in [-0.2, -0.15) is 0 Å². The lowest BCUT2D eigenvalue weighted by Crippen LogP contribution is -2.08. The fraction of sp³-hybridized carbons (Fsp3) is 0.222. The third-order valence-electron chi connectivity index (χ3n) is 1.47. The van der Waals surface area contributed by atoms with Gasteiger partial charge in [-0.1, -0.05) is 0 Å². The average molecular weight is 272 g/mol. The van der Waals surface area contributed by atoms with Gasteiger partial charge in [-0.3, -0.25) is 0 Å². The van der Waals surface area contributed by atoms with Crippen molar-refractivity contribution in [2.45, 2.75) is 0 Å². The van der Waals surface area contributed by atoms with E-state index in [1.165, 1.54) is 18.6 Å². The number of aliphatic imine (C=N–C) groups is 1. The molecule has 15 heavy (non-hydrogen) atoms. The van der Waals surface area contributed by atoms with Gasteiger partial charge in [0.25, 0.3) is 0 Å². The van der Waals surface area contributed by atoms with Gasteiger partial charge in [0.1, 0.15) is 5.56 Å². The molecule has 0 aliphatic carbocycles. The summed E-state index contributed by atoms with van der Waals surface area (Å²) in [6.45, 7) is 0. The monoisotopic (exact) mass is 271 g/mol. The fourth-order valence-electron chi connectivity index (χ4n) is 0.862. The molecule has 0 aliphatic heterocycles. The number of rotatable bonds is 3. The standard InChI is InChI=1S/C9H10BrN3O2/c1-13(2)5-12-8-7(9(14)15)3-6(10)4-11-8/h3-5H,1-2H3,(H,14,15)/b12-5+. The molecule has 5 nitrogen and oxygen atoms in total. The number of halogens is 1. The van der Waals surface area contributed by atoms with Crippen LogP contribution in [0.4, 0.5) is 5.82 Å². The van der Waals surface area contributed by atoms with Crippen LogP contribution in [0.2, 0.25) is 0 Å². The molecular formula is C9H10BrN3O2. The van der Waals surface area contributed by atoms with Crippen molar-refractivity contribution in [3.63, 3.8) is 0 Å². The van der Waals surface area contributed by atoms with Crippen molar-refractivity contribution in [2.75, 3.05) is 14.1 Å². The van der Waals surface area contributed by atoms with E-state index in [-0.39, 0.29) is 11.4 Å². The Morgan fingerprint density at radius 3 is 2.87 bits per heavy atom. The van der Waals surface area contributed by atoms with Crippen molar-refractivity contribution in [3.8, 4) is 0 Å². The van der Waals surface area contributed by atoms with E-state index in [0.717, 1.165) is 0 Å². The fourth-order valence-corrected chi connectivity index (χ4v) is 1.19. The van der Waals surface area contributed by atoms with Crippen molar-refractivity contribution >= 4 is 34.1 Å². The van der Waals surface area contributed by atoms with Crippen LogP contribution < -0.4 is 0 Å². The lowest BCUT2D eigenvalue weighted by molar-refractivity contribution is 0.0697. The van der Waals surface area contributed by atoms with Gasteiger partial charge in [0.15, 0.2) is 5.82 Å². The van der Waals surface area contributed by atoms with Gasteiger partial charge in [-0.15, -0.1) is 0 Å². The maximum absolute atomic E-state index is 10.9. The highest BCUT2D eigenvalue weighted by Gasteiger charge is 2.10. The summed E-state index contributed by atoms with van der Waals surface area (Å²) in [6.07, 6.45) is 3.01. The Labute approximate surface area is 95.6 Å². The topological polar surface area (TPSA) is 65.8 Å². The molecule has 0 amide bonds. The van der Waals surface area contributed by atoms with E-state index in [1.54, 1.807) is 19.0 Å². The number of carbonyl (C=O) groups is 1. The normalized spacial score (nSPS) is 10.6. The molecule has 1 rings (SSSR count). The Morgan fingerprint density at radius 2 is 2.33 bits per heavy atom. The first-order chi connectivity index (χ1) is 7.00. The second-order valence-corrected chi connectivity index (χ2v) is 3.95. The Morgan fingerprint density at radius 1 is 1.67 bits per heavy atom. The van der Waals surface area contributed by atoms with Crippen molar-refractivity contribution in [2.24, 2.45) is 4.99 Å². The molecule has 1 N–H and O–H groups in total. The van der Waals surface area contributed by atoms with Crippen molar-refractivity contribution in [1.82, 2.24) is 9.88 Å². The van der Waals surface area contributed by atoms with Crippen LogP contribution in [0.1, 0.15) is 10.4 Å². The number of hydrogen-bond acceptors (Lipinski definition) is 3. The van der Waals surface area contributed by atoms with Crippen LogP contribution in [0.25, 0.3) is 0 Å². The molecule has 0 radical (unpaired) electrons. The molecule has 0 saturated carbocycles. The smallest absolute Gasteiger partial charge is 0.339 e. The second-order valence-electron chi connectivity index (χ2n) is 3.04. The predicted octanol–water partition coefficient (Wildman–Crippen LogP) is 1.76. The zero-order chi connectivity index (χ0) is 11.4. The quantitative estimate of drug-likeness (QED) is 0.672. The molecule has 0 bridgehead atoms. The van der Waals surface area contributed by atoms with Crippen LogP contribution in [-0.2, 0) is 0 Å². The number of nitrogens with zero attached hydrogens (tertiary/aromatic N) is 3. The number of pyridine rings is 1. The van der Waals surface area contributed by atoms with Gasteiger partial charge in [0.2, 0.25) is 0 Å². The summed E-state index contributed by atoms with van der Waals surface area (Å²) >= 11 is 3.16. The Hall–Kier alpha value is -1.43. The summed E-state index contributed by atoms with van der Waals surface area (Å²) in [5, 5.41) is 8.91. The molecule has 6 heteroatoms. The maximum atomic E-state index is 10.9. The molecule has 0 aromatic carbocycles. The highest BCUT2D eigenvalue weighted by Crippen LogP contribution is 2.19. The van der Waals surface area contributed by atoms with Gasteiger partial charge in [-0.25, -0.2) is 14.8 Å². The third kappa shape index (κ3) is 3.32. The zero-order valence-electron chi connectivity index (χ0n) is 8.31. The summed E-state index contributed by atoms with van der Waals surface area (Å²) < 4.78 is 0.615. The van der Waals surface area contributed by atoms with E-state index in [1.807, 2.05) is 0 Å². The zero-order valence-corrected chi connectivity index (χ0v) is 9.89. The first-order valence-electron chi connectivity index (χ1n) is 4.10. The molecule has 80 valence electrons. The molecule has 1 heterocycles. The molecule has 0 spiro atoms. The van der Waals surface area contributed by atoms with E-state index < -0.39 is 5.97 Å². The van der Waals surface area contributed by atoms with Crippen LogP contribution in [-0.4, -0.2) is 41.4 Å². The highest BCUT2D eigenvalue weighted by atomic mass is 79.9. The number of hydrogen-bond donors (Lipinski definition) is 1. The van der Waals surface area contributed by atoms with Crippen molar-refractivity contribution in [3.05, 3.63) is 22.3 Å². The molecule has 0 unspecified atom stereocenters. The first-order valence-corrected chi connectivity index (χ1v) is 4.89. The highest BCUT2D eigenvalue weighted by molar-refractivity contribution is 9.10. The van der Waals surface area contributed by atoms with Crippen LogP contribution in [0.5, 0.6) is 0 Å². The van der Waals surface area contributed by atoms with Crippen LogP contribution in [0, 0.1) is 0 Å². The SMILES string of the molecule is CN(C)/C=N/c1ncc(Br)cc1C(=O)O. The van der Waals surface area contributed by atoms with Crippen LogP contribution in [0.3, 0.4) is 0 Å². The number of aromatic nitrogens is 1. The lowest BCUT2D eigenvalue weighted by Gasteiger charge is -2.04. The van der Waals surface area contributed by atoms with E-state index in [9.17, 15) is 4.79 Å².